The summed E-state index contributed by atoms with van der Waals surface area (Å²) < 4.78 is 0. The second kappa shape index (κ2) is 4.88. The van der Waals surface area contributed by atoms with Crippen molar-refractivity contribution in [1.29, 1.82) is 0 Å². The van der Waals surface area contributed by atoms with Crippen LogP contribution in [0.25, 0.3) is 0 Å². The summed E-state index contributed by atoms with van der Waals surface area (Å²) in [6.07, 6.45) is 6.79. The van der Waals surface area contributed by atoms with Crippen LogP contribution in [0.3, 0.4) is 0 Å². The summed E-state index contributed by atoms with van der Waals surface area (Å²) in [6.45, 7) is 4.36. The topological polar surface area (TPSA) is 0 Å². The highest BCUT2D eigenvalue weighted by Gasteiger charge is 2.21. The predicted octanol–water partition coefficient (Wildman–Crippen LogP) is 5.23. The molecule has 1 unspecified atom stereocenters. The number of rotatable bonds is 3. The fraction of sp³-hybridized carbons (Fsp3) is 0.692. The van der Waals surface area contributed by atoms with E-state index in [-0.39, 0.29) is 5.38 Å². The first-order valence-corrected chi connectivity index (χ1v) is 7.13. The van der Waals surface area contributed by atoms with Crippen LogP contribution in [0.4, 0.5) is 0 Å². The van der Waals surface area contributed by atoms with E-state index in [0.717, 1.165) is 5.92 Å². The van der Waals surface area contributed by atoms with Crippen LogP contribution in [0.15, 0.2) is 6.07 Å². The third-order valence-electron chi connectivity index (χ3n) is 3.43. The summed E-state index contributed by atoms with van der Waals surface area (Å²) in [6, 6.07) is 2.27. The zero-order valence-corrected chi connectivity index (χ0v) is 11.1. The summed E-state index contributed by atoms with van der Waals surface area (Å²) in [7, 11) is 0. The summed E-state index contributed by atoms with van der Waals surface area (Å²) in [5, 5.41) is 0.248. The molecular weight excluding hydrogens is 224 g/mol. The van der Waals surface area contributed by atoms with E-state index in [1.807, 2.05) is 11.3 Å². The van der Waals surface area contributed by atoms with Crippen molar-refractivity contribution < 1.29 is 0 Å². The van der Waals surface area contributed by atoms with Crippen LogP contribution in [-0.4, -0.2) is 0 Å². The molecule has 2 heteroatoms. The molecule has 0 radical (unpaired) electrons. The second-order valence-electron chi connectivity index (χ2n) is 4.72. The van der Waals surface area contributed by atoms with E-state index in [9.17, 15) is 0 Å². The molecule has 84 valence electrons. The van der Waals surface area contributed by atoms with E-state index >= 15 is 0 Å². The largest absolute Gasteiger partial charge is 0.146 e. The van der Waals surface area contributed by atoms with Crippen molar-refractivity contribution >= 4 is 22.9 Å². The Kier molecular flexibility index (Phi) is 3.73. The van der Waals surface area contributed by atoms with Crippen molar-refractivity contribution in [3.05, 3.63) is 21.4 Å². The number of hydrogen-bond donors (Lipinski definition) is 0. The smallest absolute Gasteiger partial charge is 0.0598 e. The number of halogens is 1. The molecule has 1 atom stereocenters. The molecule has 1 aromatic rings. The lowest BCUT2D eigenvalue weighted by Crippen LogP contribution is -1.99. The van der Waals surface area contributed by atoms with Gasteiger partial charge >= 0.3 is 0 Å². The Morgan fingerprint density at radius 3 is 2.60 bits per heavy atom. The van der Waals surface area contributed by atoms with E-state index in [2.05, 4.69) is 19.9 Å². The van der Waals surface area contributed by atoms with Gasteiger partial charge in [-0.2, -0.15) is 0 Å². The normalized spacial score (nSPS) is 19.7. The van der Waals surface area contributed by atoms with Gasteiger partial charge in [-0.1, -0.05) is 25.7 Å². The van der Waals surface area contributed by atoms with Gasteiger partial charge in [0.2, 0.25) is 0 Å². The SMILES string of the molecule is Cc1cc(C(Cl)CC2CCCC2)c(C)s1. The van der Waals surface area contributed by atoms with Gasteiger partial charge < -0.3 is 0 Å². The maximum atomic E-state index is 6.51. The molecule has 0 amide bonds. The Morgan fingerprint density at radius 2 is 2.07 bits per heavy atom. The predicted molar refractivity (Wildman–Crippen MR) is 69.0 cm³/mol. The molecule has 0 spiro atoms. The van der Waals surface area contributed by atoms with Crippen molar-refractivity contribution in [2.75, 3.05) is 0 Å². The fourth-order valence-electron chi connectivity index (χ4n) is 2.63. The first-order valence-electron chi connectivity index (χ1n) is 5.88. The Hall–Kier alpha value is -0.0100. The van der Waals surface area contributed by atoms with Gasteiger partial charge in [0, 0.05) is 9.75 Å². The van der Waals surface area contributed by atoms with E-state index < -0.39 is 0 Å². The molecule has 0 aliphatic heterocycles. The first-order chi connectivity index (χ1) is 7.16. The molecule has 0 nitrogen and oxygen atoms in total. The molecule has 1 aromatic heterocycles. The summed E-state index contributed by atoms with van der Waals surface area (Å²) in [4.78, 5) is 2.80. The second-order valence-corrected chi connectivity index (χ2v) is 6.71. The van der Waals surface area contributed by atoms with Crippen molar-refractivity contribution in [3.8, 4) is 0 Å². The molecule has 0 aromatic carbocycles. The highest BCUT2D eigenvalue weighted by atomic mass is 35.5. The van der Waals surface area contributed by atoms with E-state index in [0.29, 0.717) is 0 Å². The maximum Gasteiger partial charge on any atom is 0.0598 e. The molecular formula is C13H19ClS. The van der Waals surface area contributed by atoms with Crippen LogP contribution in [-0.2, 0) is 0 Å². The van der Waals surface area contributed by atoms with Crippen LogP contribution in [0.1, 0.15) is 52.8 Å². The van der Waals surface area contributed by atoms with Gasteiger partial charge in [-0.25, -0.2) is 0 Å². The molecule has 1 aliphatic carbocycles. The molecule has 0 N–H and O–H groups in total. The van der Waals surface area contributed by atoms with Crippen LogP contribution < -0.4 is 0 Å². The lowest BCUT2D eigenvalue weighted by atomic mass is 9.98. The molecule has 15 heavy (non-hydrogen) atoms. The van der Waals surface area contributed by atoms with Crippen molar-refractivity contribution in [3.63, 3.8) is 0 Å². The third-order valence-corrected chi connectivity index (χ3v) is 4.83. The van der Waals surface area contributed by atoms with E-state index in [1.165, 1.54) is 47.4 Å². The first kappa shape index (κ1) is 11.5. The van der Waals surface area contributed by atoms with Crippen LogP contribution in [0.2, 0.25) is 0 Å². The highest BCUT2D eigenvalue weighted by Crippen LogP contribution is 2.39. The van der Waals surface area contributed by atoms with Gasteiger partial charge in [0.05, 0.1) is 5.38 Å². The minimum absolute atomic E-state index is 0.248. The lowest BCUT2D eigenvalue weighted by molar-refractivity contribution is 0.495. The molecule has 1 heterocycles. The number of aryl methyl sites for hydroxylation is 2. The van der Waals surface area contributed by atoms with Gasteiger partial charge in [-0.05, 0) is 37.8 Å². The van der Waals surface area contributed by atoms with Crippen molar-refractivity contribution in [1.82, 2.24) is 0 Å². The summed E-state index contributed by atoms with van der Waals surface area (Å²) in [5.41, 5.74) is 1.38. The van der Waals surface area contributed by atoms with E-state index in [1.54, 1.807) is 0 Å². The third kappa shape index (κ3) is 2.76. The average Bonchev–Trinajstić information content (AvgIpc) is 2.75. The monoisotopic (exact) mass is 242 g/mol. The molecule has 1 saturated carbocycles. The van der Waals surface area contributed by atoms with Gasteiger partial charge in [-0.3, -0.25) is 0 Å². The molecule has 1 aliphatic rings. The zero-order chi connectivity index (χ0) is 10.8. The zero-order valence-electron chi connectivity index (χ0n) is 9.55. The van der Waals surface area contributed by atoms with Gasteiger partial charge in [0.25, 0.3) is 0 Å². The highest BCUT2D eigenvalue weighted by molar-refractivity contribution is 7.12. The average molecular weight is 243 g/mol. The lowest BCUT2D eigenvalue weighted by Gasteiger charge is -2.14. The Morgan fingerprint density at radius 1 is 1.40 bits per heavy atom. The summed E-state index contributed by atoms with van der Waals surface area (Å²) >= 11 is 8.38. The van der Waals surface area contributed by atoms with Crippen molar-refractivity contribution in [2.24, 2.45) is 5.92 Å². The van der Waals surface area contributed by atoms with Gasteiger partial charge in [-0.15, -0.1) is 22.9 Å². The Balaban J connectivity index is 2.00. The number of hydrogen-bond acceptors (Lipinski definition) is 1. The Labute approximate surface area is 102 Å². The minimum Gasteiger partial charge on any atom is -0.146 e. The fourth-order valence-corrected chi connectivity index (χ4v) is 4.16. The summed E-state index contributed by atoms with van der Waals surface area (Å²) in [5.74, 6) is 0.882. The van der Waals surface area contributed by atoms with Crippen LogP contribution in [0.5, 0.6) is 0 Å². The molecule has 1 fully saturated rings. The maximum absolute atomic E-state index is 6.51. The number of thiophene rings is 1. The van der Waals surface area contributed by atoms with Gasteiger partial charge in [0.15, 0.2) is 0 Å². The van der Waals surface area contributed by atoms with Gasteiger partial charge in [0.1, 0.15) is 0 Å². The molecule has 0 bridgehead atoms. The quantitative estimate of drug-likeness (QED) is 0.637. The number of alkyl halides is 1. The van der Waals surface area contributed by atoms with Crippen LogP contribution >= 0.6 is 22.9 Å². The Bertz CT molecular complexity index is 323. The molecule has 0 saturated heterocycles. The standard InChI is InChI=1S/C13H19ClS/c1-9-7-12(10(2)15-9)13(14)8-11-5-3-4-6-11/h7,11,13H,3-6,8H2,1-2H3. The molecule has 2 rings (SSSR count). The van der Waals surface area contributed by atoms with Crippen LogP contribution in [0, 0.1) is 19.8 Å². The van der Waals surface area contributed by atoms with Crippen molar-refractivity contribution in [2.45, 2.75) is 51.3 Å². The van der Waals surface area contributed by atoms with E-state index in [4.69, 9.17) is 11.6 Å². The minimum atomic E-state index is 0.248.